The summed E-state index contributed by atoms with van der Waals surface area (Å²) in [7, 11) is 6.66. The maximum Gasteiger partial charge on any atom is 0.161 e. The van der Waals surface area contributed by atoms with Gasteiger partial charge in [0.1, 0.15) is 11.8 Å². The Hall–Kier alpha value is -2.24. The summed E-state index contributed by atoms with van der Waals surface area (Å²) in [6, 6.07) is 11.7. The van der Waals surface area contributed by atoms with Crippen LogP contribution < -0.4 is 14.2 Å². The molecule has 0 radical (unpaired) electrons. The molecule has 2 aromatic rings. The van der Waals surface area contributed by atoms with Gasteiger partial charge in [-0.3, -0.25) is 0 Å². The van der Waals surface area contributed by atoms with Crippen molar-refractivity contribution in [2.75, 3.05) is 34.9 Å². The molecule has 1 unspecified atom stereocenters. The van der Waals surface area contributed by atoms with E-state index in [4.69, 9.17) is 14.2 Å². The second-order valence-electron chi connectivity index (χ2n) is 6.62. The third kappa shape index (κ3) is 3.43. The summed E-state index contributed by atoms with van der Waals surface area (Å²) in [5.41, 5.74) is 3.34. The lowest BCUT2D eigenvalue weighted by Gasteiger charge is -2.49. The number of likely N-dealkylation sites (N-methyl/N-ethyl adjacent to an activating group) is 1. The molecule has 5 nitrogen and oxygen atoms in total. The van der Waals surface area contributed by atoms with Crippen LogP contribution in [0.3, 0.4) is 0 Å². The lowest BCUT2D eigenvalue weighted by atomic mass is 9.88. The van der Waals surface area contributed by atoms with Gasteiger partial charge in [-0.15, -0.1) is 0 Å². The molecule has 0 saturated carbocycles. The summed E-state index contributed by atoms with van der Waals surface area (Å²) in [6.45, 7) is 0.559. The van der Waals surface area contributed by atoms with Crippen LogP contribution in [0.4, 0.5) is 0 Å². The van der Waals surface area contributed by atoms with E-state index in [2.05, 4.69) is 0 Å². The van der Waals surface area contributed by atoms with Crippen molar-refractivity contribution >= 4 is 0 Å². The Morgan fingerprint density at radius 1 is 1.00 bits per heavy atom. The minimum atomic E-state index is -0.283. The highest BCUT2D eigenvalue weighted by Gasteiger charge is 2.34. The van der Waals surface area contributed by atoms with Crippen molar-refractivity contribution in [1.29, 1.82) is 0 Å². The number of fused-ring (bicyclic) bond motifs is 1. The molecule has 2 atom stereocenters. The van der Waals surface area contributed by atoms with E-state index >= 15 is 0 Å². The van der Waals surface area contributed by atoms with Crippen LogP contribution >= 0.6 is 0 Å². The van der Waals surface area contributed by atoms with Gasteiger partial charge in [-0.2, -0.15) is 0 Å². The summed E-state index contributed by atoms with van der Waals surface area (Å²) < 4.78 is 15.8. The Morgan fingerprint density at radius 3 is 2.24 bits per heavy atom. The number of hydrogen-bond donors (Lipinski definition) is 0. The lowest BCUT2D eigenvalue weighted by Crippen LogP contribution is -2.47. The molecule has 1 aliphatic rings. The molecule has 0 aliphatic carbocycles. The average molecular weight is 343 g/mol. The highest BCUT2D eigenvalue weighted by molar-refractivity contribution is 5.49. The summed E-state index contributed by atoms with van der Waals surface area (Å²) in [5, 5.41) is 13.1. The van der Waals surface area contributed by atoms with Crippen LogP contribution in [0.1, 0.15) is 22.7 Å². The fourth-order valence-corrected chi connectivity index (χ4v) is 3.54. The fourth-order valence-electron chi connectivity index (χ4n) is 3.54. The Labute approximate surface area is 148 Å². The molecule has 0 saturated heterocycles. The maximum absolute atomic E-state index is 13.1. The van der Waals surface area contributed by atoms with Gasteiger partial charge in [-0.05, 0) is 35.4 Å². The van der Waals surface area contributed by atoms with E-state index in [0.29, 0.717) is 24.5 Å². The Bertz CT molecular complexity index is 740. The summed E-state index contributed by atoms with van der Waals surface area (Å²) in [5.74, 6) is 2.20. The second kappa shape index (κ2) is 6.94. The molecular formula is C20H25NO4. The minimum Gasteiger partial charge on any atom is -0.633 e. The van der Waals surface area contributed by atoms with Crippen molar-refractivity contribution in [2.24, 2.45) is 0 Å². The first-order chi connectivity index (χ1) is 12.0. The predicted molar refractivity (Wildman–Crippen MR) is 97.1 cm³/mol. The highest BCUT2D eigenvalue weighted by atomic mass is 16.5. The molecule has 0 spiro atoms. The van der Waals surface area contributed by atoms with E-state index in [1.807, 2.05) is 36.4 Å². The molecule has 0 aromatic heterocycles. The monoisotopic (exact) mass is 343 g/mol. The molecule has 3 rings (SSSR count). The van der Waals surface area contributed by atoms with Crippen LogP contribution in [0.25, 0.3) is 0 Å². The number of ether oxygens (including phenoxy) is 3. The van der Waals surface area contributed by atoms with Crippen molar-refractivity contribution < 1.29 is 18.9 Å². The summed E-state index contributed by atoms with van der Waals surface area (Å²) in [6.07, 6.45) is 1.42. The van der Waals surface area contributed by atoms with Crippen LogP contribution in [0.5, 0.6) is 17.2 Å². The molecule has 134 valence electrons. The van der Waals surface area contributed by atoms with E-state index in [1.54, 1.807) is 28.4 Å². The van der Waals surface area contributed by atoms with E-state index in [0.717, 1.165) is 23.3 Å². The van der Waals surface area contributed by atoms with Crippen LogP contribution in [-0.4, -0.2) is 39.6 Å². The van der Waals surface area contributed by atoms with Crippen molar-refractivity contribution in [3.63, 3.8) is 0 Å². The third-order valence-corrected chi connectivity index (χ3v) is 5.08. The molecule has 0 N–H and O–H groups in total. The molecule has 25 heavy (non-hydrogen) atoms. The zero-order valence-corrected chi connectivity index (χ0v) is 15.2. The number of nitrogens with zero attached hydrogens (tertiary/aromatic N) is 1. The smallest absolute Gasteiger partial charge is 0.161 e. The summed E-state index contributed by atoms with van der Waals surface area (Å²) >= 11 is 0. The molecular weight excluding hydrogens is 318 g/mol. The molecule has 0 amide bonds. The SMILES string of the molecule is COc1ccc(C[C@@H]2c3cc(OC)c(OC)cc3CC[N+]2(C)[O-])cc1. The molecule has 5 heteroatoms. The number of quaternary nitrogens is 1. The van der Waals surface area contributed by atoms with E-state index in [1.165, 1.54) is 5.56 Å². The standard InChI is InChI=1S/C20H25NO4/c1-21(22)10-9-15-12-19(24-3)20(25-4)13-17(15)18(21)11-14-5-7-16(23-2)8-6-14/h5-8,12-13,18H,9-11H2,1-4H3/t18-,21?/m1/s1. The van der Waals surface area contributed by atoms with Crippen molar-refractivity contribution in [2.45, 2.75) is 18.9 Å². The number of methoxy groups -OCH3 is 3. The molecule has 0 bridgehead atoms. The van der Waals surface area contributed by atoms with Gasteiger partial charge >= 0.3 is 0 Å². The van der Waals surface area contributed by atoms with Gasteiger partial charge in [0.2, 0.25) is 0 Å². The van der Waals surface area contributed by atoms with Crippen LogP contribution in [0, 0.1) is 5.21 Å². The zero-order valence-electron chi connectivity index (χ0n) is 15.2. The van der Waals surface area contributed by atoms with Crippen LogP contribution in [0.15, 0.2) is 36.4 Å². The largest absolute Gasteiger partial charge is 0.633 e. The van der Waals surface area contributed by atoms with Crippen LogP contribution in [-0.2, 0) is 12.8 Å². The van der Waals surface area contributed by atoms with Gasteiger partial charge in [0.15, 0.2) is 11.5 Å². The van der Waals surface area contributed by atoms with Gasteiger partial charge in [-0.25, -0.2) is 0 Å². The van der Waals surface area contributed by atoms with Gasteiger partial charge < -0.3 is 24.1 Å². The predicted octanol–water partition coefficient (Wildman–Crippen LogP) is 3.50. The fraction of sp³-hybridized carbons (Fsp3) is 0.400. The molecule has 1 aliphatic heterocycles. The quantitative estimate of drug-likeness (QED) is 0.616. The van der Waals surface area contributed by atoms with Crippen LogP contribution in [0.2, 0.25) is 0 Å². The van der Waals surface area contributed by atoms with Gasteiger partial charge in [0.05, 0.1) is 34.9 Å². The zero-order chi connectivity index (χ0) is 18.0. The Balaban J connectivity index is 1.99. The molecule has 2 aromatic carbocycles. The van der Waals surface area contributed by atoms with Crippen molar-refractivity contribution in [3.05, 3.63) is 58.3 Å². The molecule has 1 heterocycles. The van der Waals surface area contributed by atoms with E-state index in [-0.39, 0.29) is 10.7 Å². The number of hydrogen-bond acceptors (Lipinski definition) is 4. The third-order valence-electron chi connectivity index (χ3n) is 5.08. The second-order valence-corrected chi connectivity index (χ2v) is 6.62. The lowest BCUT2D eigenvalue weighted by molar-refractivity contribution is -0.894. The first-order valence-electron chi connectivity index (χ1n) is 8.42. The van der Waals surface area contributed by atoms with Gasteiger partial charge in [0, 0.05) is 18.4 Å². The number of benzene rings is 2. The summed E-state index contributed by atoms with van der Waals surface area (Å²) in [4.78, 5) is 0. The van der Waals surface area contributed by atoms with Crippen molar-refractivity contribution in [3.8, 4) is 17.2 Å². The highest BCUT2D eigenvalue weighted by Crippen LogP contribution is 2.41. The average Bonchev–Trinajstić information content (AvgIpc) is 2.63. The normalized spacial score (nSPS) is 22.2. The van der Waals surface area contributed by atoms with E-state index < -0.39 is 0 Å². The maximum atomic E-state index is 13.1. The minimum absolute atomic E-state index is 0.169. The molecule has 0 fully saturated rings. The number of rotatable bonds is 5. The van der Waals surface area contributed by atoms with Gasteiger partial charge in [-0.1, -0.05) is 12.1 Å². The topological polar surface area (TPSA) is 50.8 Å². The first kappa shape index (κ1) is 17.6. The van der Waals surface area contributed by atoms with Gasteiger partial charge in [0.25, 0.3) is 0 Å². The van der Waals surface area contributed by atoms with Crippen molar-refractivity contribution in [1.82, 2.24) is 0 Å². The first-order valence-corrected chi connectivity index (χ1v) is 8.42. The number of hydroxylamine groups is 3. The Morgan fingerprint density at radius 2 is 1.64 bits per heavy atom. The Kier molecular flexibility index (Phi) is 4.88. The van der Waals surface area contributed by atoms with E-state index in [9.17, 15) is 5.21 Å².